The van der Waals surface area contributed by atoms with Gasteiger partial charge in [-0.3, -0.25) is 35.8 Å². The molecule has 0 saturated carbocycles. The summed E-state index contributed by atoms with van der Waals surface area (Å²) >= 11 is 5.00. The van der Waals surface area contributed by atoms with Gasteiger partial charge in [-0.2, -0.15) is 5.10 Å². The van der Waals surface area contributed by atoms with Crippen LogP contribution in [0.5, 0.6) is 0 Å². The van der Waals surface area contributed by atoms with Crippen molar-refractivity contribution in [1.82, 2.24) is 0 Å². The molecule has 0 spiro atoms. The Labute approximate surface area is 125 Å². The van der Waals surface area contributed by atoms with E-state index in [1.54, 1.807) is 0 Å². The van der Waals surface area contributed by atoms with E-state index in [-0.39, 0.29) is 5.69 Å². The van der Waals surface area contributed by atoms with Crippen molar-refractivity contribution >= 4 is 34.4 Å². The molecule has 11 nitrogen and oxygen atoms in total. The highest BCUT2D eigenvalue weighted by Gasteiger charge is 2.45. The molecule has 0 amide bonds. The minimum absolute atomic E-state index is 0.328. The smallest absolute Gasteiger partial charge is 0.271 e. The second kappa shape index (κ2) is 6.26. The van der Waals surface area contributed by atoms with Crippen LogP contribution in [0.15, 0.2) is 23.3 Å². The van der Waals surface area contributed by atoms with Gasteiger partial charge in [0.25, 0.3) is 5.69 Å². The topological polar surface area (TPSA) is 154 Å². The van der Waals surface area contributed by atoms with Crippen LogP contribution in [0.25, 0.3) is 0 Å². The van der Waals surface area contributed by atoms with E-state index in [9.17, 15) is 34.7 Å². The van der Waals surface area contributed by atoms with Crippen LogP contribution in [0.1, 0.15) is 6.92 Å². The zero-order valence-corrected chi connectivity index (χ0v) is 11.5. The van der Waals surface area contributed by atoms with Gasteiger partial charge in [-0.15, -0.1) is 4.39 Å². The van der Waals surface area contributed by atoms with Gasteiger partial charge < -0.3 is 0 Å². The molecular formula is C9H7ClFN5O6. The first-order valence-corrected chi connectivity index (χ1v) is 5.71. The summed E-state index contributed by atoms with van der Waals surface area (Å²) in [6, 6.07) is 2.55. The quantitative estimate of drug-likeness (QED) is 0.275. The van der Waals surface area contributed by atoms with Gasteiger partial charge in [0.2, 0.25) is 0 Å². The number of nitrogens with zero attached hydrogens (tertiary/aromatic N) is 4. The van der Waals surface area contributed by atoms with E-state index in [4.69, 9.17) is 11.6 Å². The fourth-order valence-electron chi connectivity index (χ4n) is 1.22. The van der Waals surface area contributed by atoms with Gasteiger partial charge in [0.05, 0.1) is 20.8 Å². The lowest BCUT2D eigenvalue weighted by Crippen LogP contribution is -2.34. The summed E-state index contributed by atoms with van der Waals surface area (Å²) in [5.41, 5.74) is -0.383. The predicted octanol–water partition coefficient (Wildman–Crippen LogP) is 2.43. The van der Waals surface area contributed by atoms with E-state index in [1.165, 1.54) is 0 Å². The third kappa shape index (κ3) is 3.60. The molecule has 1 N–H and O–H groups in total. The Kier molecular flexibility index (Phi) is 4.88. The Hall–Kier alpha value is -2.89. The molecule has 1 aromatic rings. The maximum absolute atomic E-state index is 13.4. The van der Waals surface area contributed by atoms with Crippen LogP contribution < -0.4 is 5.43 Å². The average Bonchev–Trinajstić information content (AvgIpc) is 2.43. The van der Waals surface area contributed by atoms with Crippen molar-refractivity contribution < 1.29 is 19.2 Å². The van der Waals surface area contributed by atoms with Gasteiger partial charge in [0, 0.05) is 17.7 Å². The fraction of sp³-hybridized carbons (Fsp3) is 0.222. The minimum Gasteiger partial charge on any atom is -0.271 e. The third-order valence-corrected chi connectivity index (χ3v) is 2.81. The van der Waals surface area contributed by atoms with Crippen molar-refractivity contribution in [3.05, 3.63) is 48.5 Å². The zero-order chi connectivity index (χ0) is 17.1. The van der Waals surface area contributed by atoms with Crippen molar-refractivity contribution in [1.29, 1.82) is 0 Å². The summed E-state index contributed by atoms with van der Waals surface area (Å²) in [7, 11) is 0. The maximum atomic E-state index is 13.4. The van der Waals surface area contributed by atoms with Gasteiger partial charge >= 0.3 is 10.9 Å². The van der Waals surface area contributed by atoms with Crippen LogP contribution in [0.2, 0.25) is 0 Å². The Morgan fingerprint density at radius 1 is 1.27 bits per heavy atom. The summed E-state index contributed by atoms with van der Waals surface area (Å²) < 4.78 is 13.4. The molecule has 0 aromatic heterocycles. The van der Waals surface area contributed by atoms with E-state index in [2.05, 4.69) is 5.10 Å². The van der Waals surface area contributed by atoms with Crippen molar-refractivity contribution in [2.45, 2.75) is 12.2 Å². The van der Waals surface area contributed by atoms with Gasteiger partial charge in [-0.25, -0.2) is 0 Å². The molecule has 1 rings (SSSR count). The maximum Gasteiger partial charge on any atom is 0.479 e. The normalized spacial score (nSPS) is 14.0. The summed E-state index contributed by atoms with van der Waals surface area (Å²) in [5.74, 6) is 0. The highest BCUT2D eigenvalue weighted by molar-refractivity contribution is 6.33. The van der Waals surface area contributed by atoms with Crippen LogP contribution in [0.3, 0.4) is 0 Å². The number of nitro benzene ring substituents is 2. The van der Waals surface area contributed by atoms with Crippen molar-refractivity contribution in [3.8, 4) is 0 Å². The molecule has 0 saturated heterocycles. The molecule has 13 heteroatoms. The first kappa shape index (κ1) is 17.2. The number of halogens is 2. The lowest BCUT2D eigenvalue weighted by Gasteiger charge is -2.08. The number of hydrazone groups is 1. The number of nitrogens with one attached hydrogen (secondary N) is 1. The van der Waals surface area contributed by atoms with Crippen LogP contribution in [0, 0.1) is 30.3 Å². The van der Waals surface area contributed by atoms with Gasteiger partial charge in [-0.1, -0.05) is 0 Å². The zero-order valence-electron chi connectivity index (χ0n) is 10.7. The number of anilines is 1. The summed E-state index contributed by atoms with van der Waals surface area (Å²) in [5, 5.41) is 31.5. The molecule has 0 aliphatic rings. The predicted molar refractivity (Wildman–Crippen MR) is 73.2 cm³/mol. The molecule has 0 fully saturated rings. The van der Waals surface area contributed by atoms with Crippen LogP contribution in [-0.4, -0.2) is 25.7 Å². The Morgan fingerprint density at radius 3 is 2.32 bits per heavy atom. The lowest BCUT2D eigenvalue weighted by molar-refractivity contribution is -0.551. The van der Waals surface area contributed by atoms with Crippen LogP contribution in [0.4, 0.5) is 21.5 Å². The first-order valence-electron chi connectivity index (χ1n) is 5.33. The van der Waals surface area contributed by atoms with E-state index >= 15 is 0 Å². The summed E-state index contributed by atoms with van der Waals surface area (Å²) in [6.45, 7) is 0.889. The molecule has 0 radical (unpaired) electrons. The number of hydrogen-bond acceptors (Lipinski definition) is 8. The van der Waals surface area contributed by atoms with Gasteiger partial charge in [0.1, 0.15) is 5.69 Å². The monoisotopic (exact) mass is 335 g/mol. The number of rotatable bonds is 6. The van der Waals surface area contributed by atoms with Crippen LogP contribution in [-0.2, 0) is 0 Å². The van der Waals surface area contributed by atoms with E-state index in [1.807, 2.05) is 5.43 Å². The van der Waals surface area contributed by atoms with Crippen molar-refractivity contribution in [2.24, 2.45) is 5.10 Å². The van der Waals surface area contributed by atoms with E-state index in [0.717, 1.165) is 19.1 Å². The minimum atomic E-state index is -3.48. The average molecular weight is 336 g/mol. The molecule has 1 aromatic carbocycles. The third-order valence-electron chi connectivity index (χ3n) is 2.40. The molecule has 118 valence electrons. The molecule has 1 atom stereocenters. The molecule has 0 aliphatic carbocycles. The number of non-ortho nitro benzene ring substituents is 1. The van der Waals surface area contributed by atoms with E-state index < -0.39 is 37.1 Å². The Balaban J connectivity index is 3.16. The standard InChI is InChI=1S/C9H7ClFN5O6/c1-5(9(10,11)16(21)22)12-13-7-3-2-6(14(17)18)4-8(7)15(19)20/h2-4,13H,1H3/b12-5+. The lowest BCUT2D eigenvalue weighted by atomic mass is 10.2. The number of alkyl halides is 2. The van der Waals surface area contributed by atoms with Crippen molar-refractivity contribution in [2.75, 3.05) is 5.43 Å². The SMILES string of the molecule is C/C(=N\Nc1ccc([N+](=O)[O-])cc1[N+](=O)[O-])C(F)(Cl)[N+](=O)[O-]. The number of hydrogen-bond donors (Lipinski definition) is 1. The second-order valence-corrected chi connectivity index (χ2v) is 4.32. The first-order chi connectivity index (χ1) is 10.1. The Morgan fingerprint density at radius 2 is 1.86 bits per heavy atom. The molecule has 0 heterocycles. The largest absolute Gasteiger partial charge is 0.479 e. The fourth-order valence-corrected chi connectivity index (χ4v) is 1.26. The summed E-state index contributed by atoms with van der Waals surface area (Å²) in [4.78, 5) is 28.5. The van der Waals surface area contributed by atoms with Crippen LogP contribution >= 0.6 is 11.6 Å². The van der Waals surface area contributed by atoms with E-state index in [0.29, 0.717) is 6.07 Å². The number of benzene rings is 1. The summed E-state index contributed by atoms with van der Waals surface area (Å²) in [6.07, 6.45) is 0. The highest BCUT2D eigenvalue weighted by atomic mass is 35.5. The number of nitro groups is 3. The molecular weight excluding hydrogens is 329 g/mol. The van der Waals surface area contributed by atoms with Gasteiger partial charge in [-0.05, 0) is 13.0 Å². The van der Waals surface area contributed by atoms with Gasteiger partial charge in [0.15, 0.2) is 5.71 Å². The molecule has 1 unspecified atom stereocenters. The highest BCUT2D eigenvalue weighted by Crippen LogP contribution is 2.29. The molecule has 22 heavy (non-hydrogen) atoms. The molecule has 0 aliphatic heterocycles. The second-order valence-electron chi connectivity index (χ2n) is 3.82. The molecule has 0 bridgehead atoms. The Bertz CT molecular complexity index is 678. The van der Waals surface area contributed by atoms with Crippen molar-refractivity contribution in [3.63, 3.8) is 0 Å².